The van der Waals surface area contributed by atoms with E-state index in [1.807, 2.05) is 37.3 Å². The lowest BCUT2D eigenvalue weighted by molar-refractivity contribution is -0.183. The number of aromatic nitrogens is 1. The summed E-state index contributed by atoms with van der Waals surface area (Å²) in [5.74, 6) is 1.05. The van der Waals surface area contributed by atoms with Crippen molar-refractivity contribution in [3.8, 4) is 28.7 Å². The Kier molecular flexibility index (Phi) is 13.4. The van der Waals surface area contributed by atoms with Crippen LogP contribution in [0.5, 0.6) is 17.2 Å². The molecule has 4 aliphatic rings. The zero-order chi connectivity index (χ0) is 44.0. The van der Waals surface area contributed by atoms with Crippen LogP contribution < -0.4 is 19.6 Å². The highest BCUT2D eigenvalue weighted by atomic mass is 28.4. The molecule has 3 aliphatic heterocycles. The van der Waals surface area contributed by atoms with Crippen molar-refractivity contribution in [1.29, 1.82) is 0 Å². The fourth-order valence-corrected chi connectivity index (χ4v) is 11.0. The summed E-state index contributed by atoms with van der Waals surface area (Å²) in [7, 11) is 1.09. The minimum absolute atomic E-state index is 0.0838. The number of ether oxygens (including phenoxy) is 3. The van der Waals surface area contributed by atoms with Gasteiger partial charge in [0.25, 0.3) is 5.91 Å². The van der Waals surface area contributed by atoms with E-state index >= 15 is 0 Å². The van der Waals surface area contributed by atoms with E-state index in [9.17, 15) is 14.4 Å². The lowest BCUT2D eigenvalue weighted by atomic mass is 9.83. The molecule has 0 bridgehead atoms. The van der Waals surface area contributed by atoms with E-state index in [1.54, 1.807) is 60.5 Å². The van der Waals surface area contributed by atoms with E-state index in [1.165, 1.54) is 19.2 Å². The molecule has 0 spiro atoms. The maximum Gasteiger partial charge on any atom is 0.294 e. The monoisotopic (exact) mass is 858 g/mol. The molecule has 0 N–H and O–H groups in total. The minimum atomic E-state index is -2.00. The first-order valence-electron chi connectivity index (χ1n) is 20.7. The molecule has 1 saturated heterocycles. The Morgan fingerprint density at radius 3 is 2.47 bits per heavy atom. The number of carbonyl (C=O) groups is 2. The highest BCUT2D eigenvalue weighted by molar-refractivity contribution is 6.73. The summed E-state index contributed by atoms with van der Waals surface area (Å²) >= 11 is 0. The number of likely N-dealkylation sites (N-methyl/N-ethyl adjacent to an activating group) is 1. The van der Waals surface area contributed by atoms with Gasteiger partial charge in [-0.3, -0.25) is 19.2 Å². The van der Waals surface area contributed by atoms with E-state index in [-0.39, 0.29) is 54.9 Å². The molecule has 3 aromatic carbocycles. The quantitative estimate of drug-likeness (QED) is 0.0148. The number of nitrogens with zero attached hydrogens (tertiary/aromatic N) is 6. The van der Waals surface area contributed by atoms with Crippen LogP contribution in [0, 0.1) is 5.92 Å². The maximum absolute atomic E-state index is 14.1. The van der Waals surface area contributed by atoms with Crippen LogP contribution in [0.4, 0.5) is 5.69 Å². The van der Waals surface area contributed by atoms with Gasteiger partial charge in [0, 0.05) is 29.8 Å². The number of azide groups is 1. The Bertz CT molecular complexity index is 2580. The highest BCUT2D eigenvalue weighted by Gasteiger charge is 2.57. The SMILES string of the molecule is CC[Si](CC)(CC)O[C@H](C)[C@H]1C(=O)N2C(C(=O)N(C)OCc3ccc(N=[N+]=[N-])cc3)=C(/C=C/COc3ccc(COc4ccc5nc6ccc(=O)cc-6oc5c4)cc3OC)C[C@H]12. The molecule has 3 heterocycles. The summed E-state index contributed by atoms with van der Waals surface area (Å²) in [6, 6.07) is 24.9. The van der Waals surface area contributed by atoms with Gasteiger partial charge in [0.15, 0.2) is 36.6 Å². The second-order valence-corrected chi connectivity index (χ2v) is 20.1. The number of methoxy groups -OCH3 is 1. The molecule has 1 fully saturated rings. The van der Waals surface area contributed by atoms with Crippen molar-refractivity contribution in [1.82, 2.24) is 14.9 Å². The van der Waals surface area contributed by atoms with Crippen molar-refractivity contribution in [3.05, 3.63) is 134 Å². The lowest BCUT2D eigenvalue weighted by Gasteiger charge is -2.48. The zero-order valence-electron chi connectivity index (χ0n) is 35.7. The maximum atomic E-state index is 14.1. The highest BCUT2D eigenvalue weighted by Crippen LogP contribution is 2.46. The van der Waals surface area contributed by atoms with Gasteiger partial charge in [0.2, 0.25) is 5.91 Å². The van der Waals surface area contributed by atoms with Crippen LogP contribution in [0.25, 0.3) is 33.0 Å². The third-order valence-electron chi connectivity index (χ3n) is 11.7. The van der Waals surface area contributed by atoms with Gasteiger partial charge >= 0.3 is 0 Å². The molecule has 0 aromatic heterocycles. The lowest BCUT2D eigenvalue weighted by Crippen LogP contribution is -2.63. The van der Waals surface area contributed by atoms with Gasteiger partial charge in [0.1, 0.15) is 42.5 Å². The van der Waals surface area contributed by atoms with E-state index in [4.69, 9.17) is 33.4 Å². The van der Waals surface area contributed by atoms with Gasteiger partial charge in [-0.2, -0.15) is 0 Å². The topological polar surface area (TPSA) is 179 Å². The summed E-state index contributed by atoms with van der Waals surface area (Å²) in [6.07, 6.45) is 3.86. The fourth-order valence-electron chi connectivity index (χ4n) is 8.09. The summed E-state index contributed by atoms with van der Waals surface area (Å²) in [5.41, 5.74) is 13.3. The van der Waals surface area contributed by atoms with Gasteiger partial charge in [-0.25, -0.2) is 10.0 Å². The first-order chi connectivity index (χ1) is 30.0. The molecule has 322 valence electrons. The molecule has 3 atom stereocenters. The Morgan fingerprint density at radius 2 is 1.74 bits per heavy atom. The first-order valence-corrected chi connectivity index (χ1v) is 23.3. The average molecular weight is 859 g/mol. The Hall–Kier alpha value is -6.45. The smallest absolute Gasteiger partial charge is 0.294 e. The largest absolute Gasteiger partial charge is 0.493 e. The molecule has 62 heavy (non-hydrogen) atoms. The molecule has 0 radical (unpaired) electrons. The standard InChI is InChI=1S/C46H50N6O9Si/c1-7-62(8-2,9-3)61-29(4)43-38-24-32(44(52(38)45(43)54)46(55)51(5)59-28-30-12-15-33(16-13-30)49-50-47)11-10-22-57-39-21-14-31(23-42(39)56-6)27-58-35-18-20-37-41(26-35)60-40-25-34(53)17-19-36(40)48-37/h10-21,23,25-26,29,38,43H,7-9,22,24,27-28H2,1-6H3/b11-10+/t29-,38-,43-/m1/s1. The van der Waals surface area contributed by atoms with Gasteiger partial charge < -0.3 is 28.0 Å². The molecule has 3 aromatic rings. The second kappa shape index (κ2) is 19.1. The summed E-state index contributed by atoms with van der Waals surface area (Å²) < 4.78 is 30.6. The van der Waals surface area contributed by atoms with E-state index in [2.05, 4.69) is 35.8 Å². The van der Waals surface area contributed by atoms with Crippen LogP contribution in [-0.4, -0.2) is 68.0 Å². The van der Waals surface area contributed by atoms with Crippen molar-refractivity contribution in [3.63, 3.8) is 0 Å². The Labute approximate surface area is 360 Å². The number of hydroxylamine groups is 2. The van der Waals surface area contributed by atoms with Gasteiger partial charge in [0.05, 0.1) is 25.2 Å². The zero-order valence-corrected chi connectivity index (χ0v) is 36.7. The van der Waals surface area contributed by atoms with Gasteiger partial charge in [-0.05, 0) is 96.2 Å². The van der Waals surface area contributed by atoms with Gasteiger partial charge in [-0.15, -0.1) is 0 Å². The summed E-state index contributed by atoms with van der Waals surface area (Å²) in [6.45, 7) is 8.97. The normalized spacial score (nSPS) is 16.6. The fraction of sp³-hybridized carbons (Fsp3) is 0.348. The van der Waals surface area contributed by atoms with Crippen LogP contribution in [-0.2, 0) is 32.1 Å². The molecule has 15 nitrogen and oxygen atoms in total. The number of rotatable bonds is 19. The number of hydrogen-bond donors (Lipinski definition) is 0. The molecular formula is C46H50N6O9Si. The Morgan fingerprint density at radius 1 is 0.984 bits per heavy atom. The predicted molar refractivity (Wildman–Crippen MR) is 235 cm³/mol. The van der Waals surface area contributed by atoms with E-state index in [0.717, 1.165) is 34.3 Å². The van der Waals surface area contributed by atoms with Crippen molar-refractivity contribution in [2.45, 2.75) is 77.6 Å². The van der Waals surface area contributed by atoms with Crippen LogP contribution in [0.15, 0.2) is 117 Å². The van der Waals surface area contributed by atoms with Crippen molar-refractivity contribution < 1.29 is 37.5 Å². The molecule has 0 unspecified atom stereocenters. The average Bonchev–Trinajstić information content (AvgIpc) is 3.61. The number of amides is 2. The van der Waals surface area contributed by atoms with Crippen LogP contribution >= 0.6 is 0 Å². The first kappa shape index (κ1) is 43.6. The molecular weight excluding hydrogens is 809 g/mol. The molecule has 16 heteroatoms. The third-order valence-corrected chi connectivity index (χ3v) is 16.5. The van der Waals surface area contributed by atoms with E-state index < -0.39 is 14.2 Å². The molecule has 0 saturated carbocycles. The third kappa shape index (κ3) is 9.23. The van der Waals surface area contributed by atoms with Crippen LogP contribution in [0.2, 0.25) is 18.1 Å². The van der Waals surface area contributed by atoms with Crippen LogP contribution in [0.1, 0.15) is 45.2 Å². The number of carbonyl (C=O) groups excluding carboxylic acids is 2. The van der Waals surface area contributed by atoms with Crippen molar-refractivity contribution in [2.75, 3.05) is 20.8 Å². The van der Waals surface area contributed by atoms with Gasteiger partial charge in [-0.1, -0.05) is 62.3 Å². The molecule has 1 aliphatic carbocycles. The number of allylic oxidation sites excluding steroid dienone is 1. The number of β-lactam (4-membered cyclic amide) rings is 1. The van der Waals surface area contributed by atoms with Crippen molar-refractivity contribution >= 4 is 36.9 Å². The van der Waals surface area contributed by atoms with Crippen LogP contribution in [0.3, 0.4) is 0 Å². The van der Waals surface area contributed by atoms with Crippen molar-refractivity contribution in [2.24, 2.45) is 11.0 Å². The summed E-state index contributed by atoms with van der Waals surface area (Å²) in [5, 5.41) is 4.75. The number of hydrogen-bond acceptors (Lipinski definition) is 11. The summed E-state index contributed by atoms with van der Waals surface area (Å²) in [4.78, 5) is 54.7. The number of benzene rings is 4. The Balaban J connectivity index is 1.03. The molecule has 2 amide bonds. The molecule has 7 rings (SSSR count). The second-order valence-electron chi connectivity index (χ2n) is 15.3. The minimum Gasteiger partial charge on any atom is -0.493 e. The number of fused-ring (bicyclic) bond motifs is 3. The predicted octanol–water partition coefficient (Wildman–Crippen LogP) is 9.24. The van der Waals surface area contributed by atoms with E-state index in [0.29, 0.717) is 57.5 Å².